The van der Waals surface area contributed by atoms with Crippen LogP contribution in [0, 0.1) is 17.5 Å². The molecule has 8 heteroatoms. The van der Waals surface area contributed by atoms with Gasteiger partial charge in [-0.3, -0.25) is 4.99 Å². The van der Waals surface area contributed by atoms with Gasteiger partial charge in [0, 0.05) is 18.3 Å². The van der Waals surface area contributed by atoms with E-state index in [1.54, 1.807) is 12.1 Å². The summed E-state index contributed by atoms with van der Waals surface area (Å²) < 4.78 is 38.8. The zero-order chi connectivity index (χ0) is 14.3. The quantitative estimate of drug-likeness (QED) is 0.594. The Balaban J connectivity index is 0.000000550. The fraction of sp³-hybridized carbons (Fsp3) is 0. The van der Waals surface area contributed by atoms with E-state index >= 15 is 0 Å². The van der Waals surface area contributed by atoms with Crippen molar-refractivity contribution in [2.75, 3.05) is 0 Å². The van der Waals surface area contributed by atoms with E-state index in [-0.39, 0.29) is 0 Å². The van der Waals surface area contributed by atoms with Crippen molar-refractivity contribution < 1.29 is 30.2 Å². The van der Waals surface area contributed by atoms with Crippen molar-refractivity contribution in [2.24, 2.45) is 4.99 Å². The van der Waals surface area contributed by atoms with Crippen LogP contribution in [0.2, 0.25) is 0 Å². The minimum atomic E-state index is -1.04. The molecule has 0 aliphatic heterocycles. The maximum absolute atomic E-state index is 13.1. The third-order valence-corrected chi connectivity index (χ3v) is 1.88. The van der Waals surface area contributed by atoms with Crippen LogP contribution in [0.15, 0.2) is 35.5 Å². The van der Waals surface area contributed by atoms with Crippen LogP contribution in [0.5, 0.6) is 0 Å². The van der Waals surface area contributed by atoms with Crippen LogP contribution in [0.25, 0.3) is 0 Å². The Morgan fingerprint density at radius 3 is 2.21 bits per heavy atom. The predicted molar refractivity (Wildman–Crippen MR) is 65.0 cm³/mol. The van der Waals surface area contributed by atoms with Crippen molar-refractivity contribution in [1.29, 1.82) is 0 Å². The van der Waals surface area contributed by atoms with Gasteiger partial charge in [0.25, 0.3) is 0 Å². The Morgan fingerprint density at radius 1 is 1.16 bits per heavy atom. The summed E-state index contributed by atoms with van der Waals surface area (Å²) in [6.45, 7) is 0. The number of hydrogen-bond acceptors (Lipinski definition) is 1. The first-order valence-electron chi connectivity index (χ1n) is 4.81. The molecule has 100 valence electrons. The van der Waals surface area contributed by atoms with Gasteiger partial charge in [-0.25, -0.2) is 13.2 Å². The van der Waals surface area contributed by atoms with Crippen LogP contribution in [-0.4, -0.2) is 6.21 Å². The number of nitrogens with zero attached hydrogens (tertiary/aromatic N) is 2. The molecule has 0 radical (unpaired) electrons. The SMILES string of the molecule is Fc1cc(F)c(N=Cc2ccc[n-]2)c(F)c1.[Cl][Ti][Cl]. The molecular formula is C11H6Cl2F3N2Ti-. The first kappa shape index (κ1) is 16.3. The van der Waals surface area contributed by atoms with Crippen molar-refractivity contribution in [3.8, 4) is 0 Å². The van der Waals surface area contributed by atoms with E-state index in [0.717, 1.165) is 0 Å². The summed E-state index contributed by atoms with van der Waals surface area (Å²) >= 11 is -0.556. The Bertz CT molecular complexity index is 524. The van der Waals surface area contributed by atoms with Gasteiger partial charge in [0.2, 0.25) is 0 Å². The Kier molecular flexibility index (Phi) is 7.24. The molecule has 19 heavy (non-hydrogen) atoms. The van der Waals surface area contributed by atoms with Crippen LogP contribution in [0.3, 0.4) is 0 Å². The molecule has 0 unspecified atom stereocenters. The summed E-state index contributed by atoms with van der Waals surface area (Å²) in [5.74, 6) is -3.05. The van der Waals surface area contributed by atoms with Gasteiger partial charge in [-0.15, -0.1) is 5.69 Å². The number of benzene rings is 1. The topological polar surface area (TPSA) is 26.5 Å². The van der Waals surface area contributed by atoms with Crippen LogP contribution in [0.4, 0.5) is 18.9 Å². The van der Waals surface area contributed by atoms with Crippen LogP contribution in [-0.2, 0) is 17.0 Å². The zero-order valence-corrected chi connectivity index (χ0v) is 12.3. The van der Waals surface area contributed by atoms with E-state index in [2.05, 4.69) is 9.98 Å². The Hall–Kier alpha value is -0.746. The van der Waals surface area contributed by atoms with E-state index < -0.39 is 40.2 Å². The molecule has 2 rings (SSSR count). The van der Waals surface area contributed by atoms with Crippen molar-refractivity contribution in [3.63, 3.8) is 0 Å². The van der Waals surface area contributed by atoms with Gasteiger partial charge < -0.3 is 4.98 Å². The normalized spacial score (nSPS) is 10.2. The number of hydrogen-bond donors (Lipinski definition) is 0. The van der Waals surface area contributed by atoms with E-state index in [1.807, 2.05) is 0 Å². The van der Waals surface area contributed by atoms with Crippen molar-refractivity contribution in [3.05, 3.63) is 53.6 Å². The molecule has 0 saturated heterocycles. The first-order valence-corrected chi connectivity index (χ1v) is 9.10. The third kappa shape index (κ3) is 5.41. The average molecular weight is 342 g/mol. The predicted octanol–water partition coefficient (Wildman–Crippen LogP) is 4.19. The molecule has 2 nitrogen and oxygen atoms in total. The zero-order valence-electron chi connectivity index (χ0n) is 9.25. The van der Waals surface area contributed by atoms with E-state index in [9.17, 15) is 13.2 Å². The molecule has 1 aromatic carbocycles. The molecule has 0 saturated carbocycles. The summed E-state index contributed by atoms with van der Waals surface area (Å²) in [6, 6.07) is 4.45. The molecule has 0 N–H and O–H groups in total. The van der Waals surface area contributed by atoms with Crippen molar-refractivity contribution in [2.45, 2.75) is 0 Å². The maximum atomic E-state index is 13.1. The second kappa shape index (κ2) is 8.43. The summed E-state index contributed by atoms with van der Waals surface area (Å²) in [7, 11) is 9.78. The van der Waals surface area contributed by atoms with Gasteiger partial charge in [0.1, 0.15) is 11.5 Å². The number of aromatic nitrogens is 1. The number of halogens is 5. The molecule has 0 spiro atoms. The minimum absolute atomic E-state index is 0.475. The summed E-state index contributed by atoms with van der Waals surface area (Å²) in [5, 5.41) is 0. The average Bonchev–Trinajstić information content (AvgIpc) is 2.81. The van der Waals surface area contributed by atoms with E-state index in [4.69, 9.17) is 18.6 Å². The van der Waals surface area contributed by atoms with E-state index in [0.29, 0.717) is 17.8 Å². The molecule has 0 amide bonds. The van der Waals surface area contributed by atoms with Crippen molar-refractivity contribution >= 4 is 30.5 Å². The fourth-order valence-corrected chi connectivity index (χ4v) is 1.18. The Morgan fingerprint density at radius 2 is 1.74 bits per heavy atom. The second-order valence-electron chi connectivity index (χ2n) is 3.11. The van der Waals surface area contributed by atoms with E-state index in [1.165, 1.54) is 12.4 Å². The van der Waals surface area contributed by atoms with Crippen LogP contribution in [0.1, 0.15) is 5.69 Å². The third-order valence-electron chi connectivity index (χ3n) is 1.88. The molecule has 2 aromatic rings. The molecule has 0 atom stereocenters. The molecule has 0 bridgehead atoms. The molecular weight excluding hydrogens is 336 g/mol. The molecule has 0 aliphatic carbocycles. The molecule has 1 heterocycles. The second-order valence-corrected chi connectivity index (χ2v) is 5.69. The van der Waals surface area contributed by atoms with Crippen LogP contribution >= 0.6 is 18.6 Å². The summed E-state index contributed by atoms with van der Waals surface area (Å²) in [5.41, 5.74) is -0.0486. The van der Waals surface area contributed by atoms with Crippen LogP contribution < -0.4 is 4.98 Å². The van der Waals surface area contributed by atoms with Gasteiger partial charge in [0.15, 0.2) is 11.6 Å². The monoisotopic (exact) mass is 341 g/mol. The number of aliphatic imine (C=N–C) groups is 1. The van der Waals surface area contributed by atoms with Crippen molar-refractivity contribution in [1.82, 2.24) is 4.98 Å². The van der Waals surface area contributed by atoms with Gasteiger partial charge in [-0.2, -0.15) is 6.20 Å². The summed E-state index contributed by atoms with van der Waals surface area (Å²) in [6.07, 6.45) is 2.73. The standard InChI is InChI=1S/C11H6F3N2.2ClH.Ti/c12-7-4-9(13)11(10(14)5-7)16-6-8-2-1-3-15-8;;;/h1-6H;2*1H;/q-1;;;+2/p-2. The fourth-order valence-electron chi connectivity index (χ4n) is 1.18. The number of rotatable bonds is 2. The molecule has 1 aromatic heterocycles. The van der Waals surface area contributed by atoms with Gasteiger partial charge >= 0.3 is 35.6 Å². The first-order chi connectivity index (χ1) is 9.08. The molecule has 0 aliphatic rings. The van der Waals surface area contributed by atoms with Gasteiger partial charge in [0.05, 0.1) is 0 Å². The summed E-state index contributed by atoms with van der Waals surface area (Å²) in [4.78, 5) is 7.42. The van der Waals surface area contributed by atoms with Gasteiger partial charge in [-0.05, 0) is 0 Å². The Labute approximate surface area is 124 Å². The molecule has 0 fully saturated rings. The van der Waals surface area contributed by atoms with Gasteiger partial charge in [-0.1, -0.05) is 12.1 Å².